The van der Waals surface area contributed by atoms with Gasteiger partial charge in [0.15, 0.2) is 6.29 Å². The Hall–Kier alpha value is -0.240. The summed E-state index contributed by atoms with van der Waals surface area (Å²) in [4.78, 5) is 0. The van der Waals surface area contributed by atoms with Crippen LogP contribution in [0.1, 0.15) is 78.1 Å². The Morgan fingerprint density at radius 3 is 1.42 bits per heavy atom. The van der Waals surface area contributed by atoms with E-state index in [0.717, 1.165) is 0 Å². The summed E-state index contributed by atoms with van der Waals surface area (Å²) in [6, 6.07) is 0. The van der Waals surface area contributed by atoms with E-state index in [1.165, 1.54) is 64.2 Å². The Morgan fingerprint density at radius 1 is 0.625 bits per heavy atom. The Morgan fingerprint density at radius 2 is 1.04 bits per heavy atom. The molecule has 146 valence electrons. The normalized spacial score (nSPS) is 29.9. The van der Waals surface area contributed by atoms with Crippen LogP contribution in [0.2, 0.25) is 0 Å². The van der Waals surface area contributed by atoms with Crippen LogP contribution in [-0.2, 0) is 4.74 Å². The first kappa shape index (κ1) is 23.8. The van der Waals surface area contributed by atoms with Crippen molar-refractivity contribution in [3.8, 4) is 0 Å². The number of hydrogen-bond donors (Lipinski definition) is 5. The fraction of sp³-hybridized carbons (Fsp3) is 1.00. The van der Waals surface area contributed by atoms with Crippen LogP contribution < -0.4 is 0 Å². The van der Waals surface area contributed by atoms with E-state index in [0.29, 0.717) is 0 Å². The molecule has 5 N–H and O–H groups in total. The van der Waals surface area contributed by atoms with Crippen LogP contribution in [0.15, 0.2) is 0 Å². The highest BCUT2D eigenvalue weighted by Gasteiger charge is 2.42. The van der Waals surface area contributed by atoms with Crippen molar-refractivity contribution in [1.29, 1.82) is 0 Å². The molecular weight excluding hydrogens is 312 g/mol. The quantitative estimate of drug-likeness (QED) is 0.384. The summed E-state index contributed by atoms with van der Waals surface area (Å²) in [5.41, 5.74) is 0. The van der Waals surface area contributed by atoms with E-state index in [2.05, 4.69) is 18.6 Å². The summed E-state index contributed by atoms with van der Waals surface area (Å²) in [5, 5.41) is 44.7. The van der Waals surface area contributed by atoms with Crippen molar-refractivity contribution >= 4 is 0 Å². The molecule has 0 spiro atoms. The number of hydrogen-bond acceptors (Lipinski definition) is 6. The Bertz CT molecular complexity index is 261. The zero-order valence-corrected chi connectivity index (χ0v) is 15.3. The molecular formula is C18H38O6. The second kappa shape index (κ2) is 15.0. The molecule has 1 heterocycles. The van der Waals surface area contributed by atoms with Crippen LogP contribution in [0.25, 0.3) is 0 Å². The van der Waals surface area contributed by atoms with Gasteiger partial charge in [-0.1, -0.05) is 78.1 Å². The maximum Gasteiger partial charge on any atom is 0.184 e. The van der Waals surface area contributed by atoms with Gasteiger partial charge in [-0.25, -0.2) is 0 Å². The first-order valence-corrected chi connectivity index (χ1v) is 9.48. The van der Waals surface area contributed by atoms with E-state index in [4.69, 9.17) is 25.5 Å². The van der Waals surface area contributed by atoms with Crippen LogP contribution in [0.5, 0.6) is 0 Å². The van der Waals surface area contributed by atoms with Gasteiger partial charge in [0.25, 0.3) is 0 Å². The fourth-order valence-corrected chi connectivity index (χ4v) is 2.64. The van der Waals surface area contributed by atoms with Gasteiger partial charge in [-0.2, -0.15) is 0 Å². The Balaban J connectivity index is 0.000000441. The molecule has 0 saturated carbocycles. The van der Waals surface area contributed by atoms with Crippen LogP contribution in [-0.4, -0.2) is 62.8 Å². The number of rotatable bonds is 10. The van der Waals surface area contributed by atoms with Gasteiger partial charge in [-0.05, 0) is 0 Å². The zero-order chi connectivity index (χ0) is 18.4. The molecule has 0 aromatic carbocycles. The highest BCUT2D eigenvalue weighted by molar-refractivity contribution is 4.87. The van der Waals surface area contributed by atoms with Crippen LogP contribution >= 0.6 is 0 Å². The lowest BCUT2D eigenvalue weighted by molar-refractivity contribution is -0.286. The molecule has 1 aliphatic heterocycles. The van der Waals surface area contributed by atoms with E-state index in [9.17, 15) is 0 Å². The molecule has 6 nitrogen and oxygen atoms in total. The molecule has 0 aromatic heterocycles. The number of aliphatic hydroxyl groups excluding tert-OH is 5. The highest BCUT2D eigenvalue weighted by atomic mass is 16.6. The van der Waals surface area contributed by atoms with E-state index in [-0.39, 0.29) is 0 Å². The second-order valence-corrected chi connectivity index (χ2v) is 6.55. The van der Waals surface area contributed by atoms with Gasteiger partial charge >= 0.3 is 0 Å². The smallest absolute Gasteiger partial charge is 0.184 e. The third-order valence-electron chi connectivity index (χ3n) is 4.32. The van der Waals surface area contributed by atoms with Gasteiger partial charge in [-0.3, -0.25) is 0 Å². The van der Waals surface area contributed by atoms with Crippen LogP contribution in [0, 0.1) is 0 Å². The summed E-state index contributed by atoms with van der Waals surface area (Å²) >= 11 is 0. The molecule has 0 aliphatic carbocycles. The van der Waals surface area contributed by atoms with Gasteiger partial charge in [0.2, 0.25) is 0 Å². The average molecular weight is 350 g/mol. The first-order valence-electron chi connectivity index (χ1n) is 9.48. The van der Waals surface area contributed by atoms with Crippen molar-refractivity contribution in [3.63, 3.8) is 0 Å². The predicted molar refractivity (Wildman–Crippen MR) is 93.5 cm³/mol. The van der Waals surface area contributed by atoms with Crippen molar-refractivity contribution in [1.82, 2.24) is 0 Å². The Kier molecular flexibility index (Phi) is 14.9. The Labute approximate surface area is 146 Å². The van der Waals surface area contributed by atoms with Crippen molar-refractivity contribution in [2.45, 2.75) is 109 Å². The average Bonchev–Trinajstić information content (AvgIpc) is 2.59. The van der Waals surface area contributed by atoms with Crippen molar-refractivity contribution in [3.05, 3.63) is 0 Å². The molecule has 0 radical (unpaired) electrons. The molecule has 1 aliphatic rings. The lowest BCUT2D eigenvalue weighted by atomic mass is 10.00. The van der Waals surface area contributed by atoms with Gasteiger partial charge in [0.1, 0.15) is 24.4 Å². The fourth-order valence-electron chi connectivity index (χ4n) is 2.64. The second-order valence-electron chi connectivity index (χ2n) is 6.55. The molecule has 0 unspecified atom stereocenters. The SMILES string of the molecule is CCCCCCCCCCCC.OC[C@H]1O[C@@H](O)[C@H](O)[C@@H](O)[C@@H]1O. The minimum absolute atomic E-state index is 0.526. The number of aliphatic hydroxyl groups is 5. The lowest BCUT2D eigenvalue weighted by Gasteiger charge is -2.37. The molecule has 1 rings (SSSR count). The minimum atomic E-state index is -1.57. The molecule has 24 heavy (non-hydrogen) atoms. The minimum Gasteiger partial charge on any atom is -0.394 e. The van der Waals surface area contributed by atoms with E-state index in [1.807, 2.05) is 0 Å². The molecule has 0 bridgehead atoms. The zero-order valence-electron chi connectivity index (χ0n) is 15.3. The summed E-state index contributed by atoms with van der Waals surface area (Å²) in [5.74, 6) is 0. The molecule has 0 amide bonds. The predicted octanol–water partition coefficient (Wildman–Crippen LogP) is 1.71. The van der Waals surface area contributed by atoms with Crippen molar-refractivity contribution < 1.29 is 30.3 Å². The molecule has 5 atom stereocenters. The summed E-state index contributed by atoms with van der Waals surface area (Å²) in [6.45, 7) is 4.03. The van der Waals surface area contributed by atoms with Gasteiger partial charge < -0.3 is 30.3 Å². The third-order valence-corrected chi connectivity index (χ3v) is 4.32. The van der Waals surface area contributed by atoms with Gasteiger partial charge in [-0.15, -0.1) is 0 Å². The topological polar surface area (TPSA) is 110 Å². The van der Waals surface area contributed by atoms with E-state index >= 15 is 0 Å². The lowest BCUT2D eigenvalue weighted by Crippen LogP contribution is -2.58. The summed E-state index contributed by atoms with van der Waals surface area (Å²) in [6.07, 6.45) is 7.40. The monoisotopic (exact) mass is 350 g/mol. The van der Waals surface area contributed by atoms with E-state index < -0.39 is 37.3 Å². The van der Waals surface area contributed by atoms with Gasteiger partial charge in [0, 0.05) is 0 Å². The first-order chi connectivity index (χ1) is 11.5. The van der Waals surface area contributed by atoms with Crippen LogP contribution in [0.3, 0.4) is 0 Å². The van der Waals surface area contributed by atoms with Crippen LogP contribution in [0.4, 0.5) is 0 Å². The molecule has 1 fully saturated rings. The highest BCUT2D eigenvalue weighted by Crippen LogP contribution is 2.19. The summed E-state index contributed by atoms with van der Waals surface area (Å²) < 4.78 is 4.58. The molecule has 1 saturated heterocycles. The van der Waals surface area contributed by atoms with E-state index in [1.54, 1.807) is 0 Å². The number of ether oxygens (including phenoxy) is 1. The maximum absolute atomic E-state index is 9.12. The maximum atomic E-state index is 9.12. The number of unbranched alkanes of at least 4 members (excludes halogenated alkanes) is 9. The third kappa shape index (κ3) is 9.91. The summed E-state index contributed by atoms with van der Waals surface area (Å²) in [7, 11) is 0. The van der Waals surface area contributed by atoms with Crippen molar-refractivity contribution in [2.24, 2.45) is 0 Å². The van der Waals surface area contributed by atoms with Crippen molar-refractivity contribution in [2.75, 3.05) is 6.61 Å². The largest absolute Gasteiger partial charge is 0.394 e. The molecule has 0 aromatic rings. The molecule has 6 heteroatoms. The standard InChI is InChI=1S/C12H26.C6H12O6/c1-3-5-7-9-11-12-10-8-6-4-2;7-1-2-3(8)4(9)5(10)6(11)12-2/h3-12H2,1-2H3;2-11H,1H2/t;2-,3-,4+,5-,6-/m.1/s1. The van der Waals surface area contributed by atoms with Gasteiger partial charge in [0.05, 0.1) is 6.61 Å².